The topological polar surface area (TPSA) is 87.1 Å². The summed E-state index contributed by atoms with van der Waals surface area (Å²) < 4.78 is 20.3. The molecule has 0 bridgehead atoms. The van der Waals surface area contributed by atoms with Gasteiger partial charge >= 0.3 is 11.9 Å². The Kier molecular flexibility index (Phi) is 7.17. The Bertz CT molecular complexity index is 1010. The molecule has 0 aromatic heterocycles. The van der Waals surface area contributed by atoms with Gasteiger partial charge in [0.2, 0.25) is 0 Å². The number of carbonyl (C=O) groups is 2. The van der Waals surface area contributed by atoms with Crippen LogP contribution < -0.4 is 4.74 Å². The van der Waals surface area contributed by atoms with E-state index >= 15 is 0 Å². The lowest BCUT2D eigenvalue weighted by molar-refractivity contribution is -0.146. The molecule has 4 rings (SSSR count). The van der Waals surface area contributed by atoms with Crippen LogP contribution in [0.3, 0.4) is 0 Å². The predicted molar refractivity (Wildman–Crippen MR) is 123 cm³/mol. The van der Waals surface area contributed by atoms with Crippen LogP contribution in [0.4, 0.5) is 4.39 Å². The standard InChI is InChI=1S/C26H32FNO5/c1-16-2-6-20(7-3-16)33-23-9-5-18-14-19(4-8-21(18)22(23)15-27)24(26(31)32)28-12-10-17(11-13-28)25(29)30/h4-5,8-9,14,16-17,20,24H,2-3,6-7,10-13,15H2,1H3,(H,29,30)(H,31,32)/t16-,20+,24?. The van der Waals surface area contributed by atoms with Crippen LogP contribution in [-0.2, 0) is 16.3 Å². The molecule has 33 heavy (non-hydrogen) atoms. The van der Waals surface area contributed by atoms with Crippen molar-refractivity contribution >= 4 is 22.7 Å². The number of fused-ring (bicyclic) bond motifs is 1. The quantitative estimate of drug-likeness (QED) is 0.595. The fourth-order valence-electron chi connectivity index (χ4n) is 5.25. The molecule has 2 aromatic carbocycles. The Hall–Kier alpha value is -2.67. The Morgan fingerprint density at radius 3 is 2.36 bits per heavy atom. The number of hydrogen-bond donors (Lipinski definition) is 2. The van der Waals surface area contributed by atoms with E-state index in [-0.39, 0.29) is 6.10 Å². The first-order chi connectivity index (χ1) is 15.9. The normalized spacial score (nSPS) is 23.3. The van der Waals surface area contributed by atoms with E-state index < -0.39 is 30.6 Å². The molecule has 1 saturated heterocycles. The van der Waals surface area contributed by atoms with Gasteiger partial charge in [-0.05, 0) is 72.9 Å². The van der Waals surface area contributed by atoms with Gasteiger partial charge in [0.05, 0.1) is 12.0 Å². The number of benzene rings is 2. The summed E-state index contributed by atoms with van der Waals surface area (Å²) in [7, 11) is 0. The zero-order valence-corrected chi connectivity index (χ0v) is 19.0. The molecule has 2 N–H and O–H groups in total. The minimum atomic E-state index is -0.972. The van der Waals surface area contributed by atoms with Crippen LogP contribution in [-0.4, -0.2) is 46.2 Å². The zero-order valence-electron chi connectivity index (χ0n) is 19.0. The highest BCUT2D eigenvalue weighted by molar-refractivity contribution is 5.89. The van der Waals surface area contributed by atoms with Crippen LogP contribution in [0.1, 0.15) is 62.6 Å². The lowest BCUT2D eigenvalue weighted by Gasteiger charge is -2.34. The summed E-state index contributed by atoms with van der Waals surface area (Å²) >= 11 is 0. The van der Waals surface area contributed by atoms with E-state index in [2.05, 4.69) is 6.92 Å². The number of aliphatic carboxylic acids is 2. The molecular weight excluding hydrogens is 425 g/mol. The molecule has 1 aliphatic heterocycles. The number of likely N-dealkylation sites (tertiary alicyclic amines) is 1. The second-order valence-corrected chi connectivity index (χ2v) is 9.55. The average Bonchev–Trinajstić information content (AvgIpc) is 2.80. The van der Waals surface area contributed by atoms with Crippen molar-refractivity contribution in [3.63, 3.8) is 0 Å². The van der Waals surface area contributed by atoms with Crippen molar-refractivity contribution in [2.45, 2.75) is 64.3 Å². The zero-order chi connectivity index (χ0) is 23.5. The minimum absolute atomic E-state index is 0.105. The lowest BCUT2D eigenvalue weighted by atomic mass is 9.89. The second kappa shape index (κ2) is 10.1. The third kappa shape index (κ3) is 5.13. The lowest BCUT2D eigenvalue weighted by Crippen LogP contribution is -2.41. The first-order valence-electron chi connectivity index (χ1n) is 11.8. The van der Waals surface area contributed by atoms with Crippen molar-refractivity contribution < 1.29 is 28.9 Å². The van der Waals surface area contributed by atoms with Crippen molar-refractivity contribution in [2.75, 3.05) is 13.1 Å². The number of carboxylic acids is 2. The van der Waals surface area contributed by atoms with Crippen LogP contribution in [0.5, 0.6) is 5.75 Å². The number of halogens is 1. The van der Waals surface area contributed by atoms with Gasteiger partial charge in [0, 0.05) is 18.7 Å². The molecule has 178 valence electrons. The summed E-state index contributed by atoms with van der Waals surface area (Å²) in [6.07, 6.45) is 5.15. The molecule has 0 radical (unpaired) electrons. The highest BCUT2D eigenvalue weighted by Gasteiger charge is 2.33. The van der Waals surface area contributed by atoms with E-state index in [1.807, 2.05) is 17.0 Å². The van der Waals surface area contributed by atoms with Crippen molar-refractivity contribution in [2.24, 2.45) is 11.8 Å². The number of nitrogens with zero attached hydrogens (tertiary/aromatic N) is 1. The maximum absolute atomic E-state index is 14.1. The minimum Gasteiger partial charge on any atom is -0.490 e. The van der Waals surface area contributed by atoms with E-state index in [1.54, 1.807) is 18.2 Å². The summed E-state index contributed by atoms with van der Waals surface area (Å²) in [5.74, 6) is -0.947. The van der Waals surface area contributed by atoms with Crippen LogP contribution in [0, 0.1) is 11.8 Å². The summed E-state index contributed by atoms with van der Waals surface area (Å²) in [5, 5.41) is 20.7. The summed E-state index contributed by atoms with van der Waals surface area (Å²) in [4.78, 5) is 25.2. The van der Waals surface area contributed by atoms with Gasteiger partial charge in [0.1, 0.15) is 18.5 Å². The van der Waals surface area contributed by atoms with Gasteiger partial charge in [0.15, 0.2) is 0 Å². The summed E-state index contributed by atoms with van der Waals surface area (Å²) in [6.45, 7) is 2.42. The largest absolute Gasteiger partial charge is 0.490 e. The van der Waals surface area contributed by atoms with Crippen molar-refractivity contribution in [1.82, 2.24) is 4.90 Å². The van der Waals surface area contributed by atoms with Gasteiger partial charge < -0.3 is 14.9 Å². The monoisotopic (exact) mass is 457 g/mol. The van der Waals surface area contributed by atoms with Crippen molar-refractivity contribution in [3.8, 4) is 5.75 Å². The molecule has 1 heterocycles. The van der Waals surface area contributed by atoms with E-state index in [1.165, 1.54) is 0 Å². The molecule has 2 aromatic rings. The summed E-state index contributed by atoms with van der Waals surface area (Å²) in [5.41, 5.74) is 1.12. The number of piperidine rings is 1. The molecule has 7 heteroatoms. The highest BCUT2D eigenvalue weighted by atomic mass is 19.1. The maximum atomic E-state index is 14.1. The van der Waals surface area contributed by atoms with Gasteiger partial charge in [0.25, 0.3) is 0 Å². The number of hydrogen-bond acceptors (Lipinski definition) is 4. The van der Waals surface area contributed by atoms with Crippen LogP contribution in [0.25, 0.3) is 10.8 Å². The second-order valence-electron chi connectivity index (χ2n) is 9.55. The fourth-order valence-corrected chi connectivity index (χ4v) is 5.25. The van der Waals surface area contributed by atoms with E-state index in [0.29, 0.717) is 48.7 Å². The van der Waals surface area contributed by atoms with E-state index in [9.17, 15) is 24.2 Å². The SMILES string of the molecule is C[C@H]1CC[C@@H](Oc2ccc3cc(C(C(=O)O)N4CCC(C(=O)O)CC4)ccc3c2CF)CC1. The maximum Gasteiger partial charge on any atom is 0.325 e. The fraction of sp³-hybridized carbons (Fsp3) is 0.538. The predicted octanol–water partition coefficient (Wildman–Crippen LogP) is 5.19. The first kappa shape index (κ1) is 23.5. The van der Waals surface area contributed by atoms with Crippen molar-refractivity contribution in [3.05, 3.63) is 41.5 Å². The first-order valence-corrected chi connectivity index (χ1v) is 11.8. The number of rotatable bonds is 7. The van der Waals surface area contributed by atoms with Gasteiger partial charge in [-0.1, -0.05) is 25.1 Å². The Balaban J connectivity index is 1.58. The van der Waals surface area contributed by atoms with E-state index in [0.717, 1.165) is 36.5 Å². The Labute approximate surface area is 193 Å². The molecule has 6 nitrogen and oxygen atoms in total. The third-order valence-electron chi connectivity index (χ3n) is 7.30. The average molecular weight is 458 g/mol. The van der Waals surface area contributed by atoms with Gasteiger partial charge in [-0.3, -0.25) is 14.5 Å². The molecule has 2 fully saturated rings. The van der Waals surface area contributed by atoms with Gasteiger partial charge in [-0.2, -0.15) is 0 Å². The molecule has 2 aliphatic rings. The number of alkyl halides is 1. The highest BCUT2D eigenvalue weighted by Crippen LogP contribution is 2.35. The molecular formula is C26H32FNO5. The molecule has 0 amide bonds. The number of ether oxygens (including phenoxy) is 1. The van der Waals surface area contributed by atoms with Crippen LogP contribution in [0.2, 0.25) is 0 Å². The van der Waals surface area contributed by atoms with Gasteiger partial charge in [-0.15, -0.1) is 0 Å². The Morgan fingerprint density at radius 2 is 1.76 bits per heavy atom. The summed E-state index contributed by atoms with van der Waals surface area (Å²) in [6, 6.07) is 8.15. The molecule has 1 atom stereocenters. The van der Waals surface area contributed by atoms with Crippen molar-refractivity contribution in [1.29, 1.82) is 0 Å². The molecule has 1 saturated carbocycles. The van der Waals surface area contributed by atoms with Gasteiger partial charge in [-0.25, -0.2) is 4.39 Å². The van der Waals surface area contributed by atoms with E-state index in [4.69, 9.17) is 4.74 Å². The number of carboxylic acid groups (broad SMARTS) is 2. The van der Waals surface area contributed by atoms with Crippen LogP contribution in [0.15, 0.2) is 30.3 Å². The Morgan fingerprint density at radius 1 is 1.06 bits per heavy atom. The molecule has 1 unspecified atom stereocenters. The molecule has 0 spiro atoms. The molecule has 1 aliphatic carbocycles. The van der Waals surface area contributed by atoms with Crippen LogP contribution >= 0.6 is 0 Å². The third-order valence-corrected chi connectivity index (χ3v) is 7.30. The smallest absolute Gasteiger partial charge is 0.325 e.